The molecule has 0 spiro atoms. The van der Waals surface area contributed by atoms with Crippen LogP contribution in [0.25, 0.3) is 5.69 Å². The van der Waals surface area contributed by atoms with Crippen LogP contribution in [0.1, 0.15) is 31.2 Å². The van der Waals surface area contributed by atoms with Crippen molar-refractivity contribution in [3.63, 3.8) is 0 Å². The molecule has 2 aromatic heterocycles. The van der Waals surface area contributed by atoms with Crippen molar-refractivity contribution in [2.75, 3.05) is 31.1 Å². The Hall–Kier alpha value is -2.83. The molecule has 0 N–H and O–H groups in total. The summed E-state index contributed by atoms with van der Waals surface area (Å²) in [5, 5.41) is 7.85. The number of nitrogens with zero attached hydrogens (tertiary/aromatic N) is 4. The molecule has 0 amide bonds. The summed E-state index contributed by atoms with van der Waals surface area (Å²) < 4.78 is 61.9. The molecule has 12 heteroatoms. The molecular formula is C24H26F2N4O4S2. The summed E-state index contributed by atoms with van der Waals surface area (Å²) >= 11 is 1.46. The molecule has 0 radical (unpaired) electrons. The quantitative estimate of drug-likeness (QED) is 0.459. The lowest BCUT2D eigenvalue weighted by Gasteiger charge is -2.36. The summed E-state index contributed by atoms with van der Waals surface area (Å²) in [5.41, 5.74) is 0.563. The van der Waals surface area contributed by atoms with Gasteiger partial charge in [0.2, 0.25) is 15.8 Å². The van der Waals surface area contributed by atoms with Gasteiger partial charge in [0.25, 0.3) is 0 Å². The van der Waals surface area contributed by atoms with Gasteiger partial charge in [0.1, 0.15) is 17.3 Å². The van der Waals surface area contributed by atoms with Gasteiger partial charge in [-0.15, -0.1) is 0 Å². The fraction of sp³-hybridized carbons (Fsp3) is 0.417. The summed E-state index contributed by atoms with van der Waals surface area (Å²) in [5.74, 6) is -1.62. The van der Waals surface area contributed by atoms with E-state index in [9.17, 15) is 22.0 Å². The minimum atomic E-state index is -3.47. The molecule has 1 aliphatic carbocycles. The van der Waals surface area contributed by atoms with Crippen LogP contribution >= 0.6 is 11.3 Å². The van der Waals surface area contributed by atoms with E-state index in [-0.39, 0.29) is 36.4 Å². The van der Waals surface area contributed by atoms with Gasteiger partial charge in [0.05, 0.1) is 23.7 Å². The fourth-order valence-corrected chi connectivity index (χ4v) is 6.94. The van der Waals surface area contributed by atoms with Gasteiger partial charge in [-0.3, -0.25) is 4.79 Å². The molecule has 2 aliphatic rings. The highest BCUT2D eigenvalue weighted by Crippen LogP contribution is 2.30. The highest BCUT2D eigenvalue weighted by molar-refractivity contribution is 7.88. The molecule has 1 aromatic carbocycles. The van der Waals surface area contributed by atoms with Crippen molar-refractivity contribution in [2.24, 2.45) is 0 Å². The Balaban J connectivity index is 1.41. The number of benzene rings is 1. The highest BCUT2D eigenvalue weighted by atomic mass is 32.2. The summed E-state index contributed by atoms with van der Waals surface area (Å²) in [6.07, 6.45) is 4.92. The lowest BCUT2D eigenvalue weighted by Crippen LogP contribution is -2.49. The van der Waals surface area contributed by atoms with Crippen LogP contribution in [0.5, 0.6) is 5.75 Å². The SMILES string of the molecule is O=c1c(OC2CCCC2)c(N2CCN(S(=O)(=O)Cc3ccsc3)CC2)cnn1-c1cc(F)cc(F)c1. The van der Waals surface area contributed by atoms with Crippen molar-refractivity contribution in [3.8, 4) is 11.4 Å². The average molecular weight is 537 g/mol. The third-order valence-electron chi connectivity index (χ3n) is 6.50. The van der Waals surface area contributed by atoms with E-state index in [0.717, 1.165) is 54.1 Å². The third kappa shape index (κ3) is 5.30. The van der Waals surface area contributed by atoms with Gasteiger partial charge in [-0.05, 0) is 60.2 Å². The van der Waals surface area contributed by atoms with Crippen LogP contribution in [0.2, 0.25) is 0 Å². The molecule has 2 fully saturated rings. The molecule has 1 saturated carbocycles. The Morgan fingerprint density at radius 3 is 2.39 bits per heavy atom. The van der Waals surface area contributed by atoms with Crippen LogP contribution in [0, 0.1) is 11.6 Å². The molecule has 8 nitrogen and oxygen atoms in total. The second-order valence-corrected chi connectivity index (χ2v) is 11.8. The van der Waals surface area contributed by atoms with E-state index in [4.69, 9.17) is 4.74 Å². The van der Waals surface area contributed by atoms with E-state index in [1.54, 1.807) is 6.07 Å². The average Bonchev–Trinajstić information content (AvgIpc) is 3.54. The second kappa shape index (κ2) is 10.3. The number of hydrogen-bond donors (Lipinski definition) is 0. The van der Waals surface area contributed by atoms with Gasteiger partial charge in [0.15, 0.2) is 0 Å². The maximum absolute atomic E-state index is 13.8. The molecule has 192 valence electrons. The van der Waals surface area contributed by atoms with Crippen molar-refractivity contribution >= 4 is 27.0 Å². The van der Waals surface area contributed by atoms with E-state index in [1.807, 2.05) is 15.7 Å². The summed E-state index contributed by atoms with van der Waals surface area (Å²) in [7, 11) is -3.47. The predicted octanol–water partition coefficient (Wildman–Crippen LogP) is 3.55. The number of aromatic nitrogens is 2. The van der Waals surface area contributed by atoms with Gasteiger partial charge in [0, 0.05) is 32.2 Å². The van der Waals surface area contributed by atoms with E-state index in [2.05, 4.69) is 5.10 Å². The maximum atomic E-state index is 13.8. The Bertz CT molecular complexity index is 1360. The Morgan fingerprint density at radius 1 is 1.06 bits per heavy atom. The zero-order chi connectivity index (χ0) is 25.3. The summed E-state index contributed by atoms with van der Waals surface area (Å²) in [4.78, 5) is 15.3. The summed E-state index contributed by atoms with van der Waals surface area (Å²) in [6.45, 7) is 1.22. The first-order valence-electron chi connectivity index (χ1n) is 11.8. The monoisotopic (exact) mass is 536 g/mol. The predicted molar refractivity (Wildman–Crippen MR) is 133 cm³/mol. The van der Waals surface area contributed by atoms with Crippen LogP contribution in [0.3, 0.4) is 0 Å². The smallest absolute Gasteiger partial charge is 0.316 e. The van der Waals surface area contributed by atoms with E-state index < -0.39 is 27.2 Å². The number of rotatable bonds is 7. The molecular weight excluding hydrogens is 510 g/mol. The lowest BCUT2D eigenvalue weighted by atomic mass is 10.2. The van der Waals surface area contributed by atoms with E-state index >= 15 is 0 Å². The van der Waals surface area contributed by atoms with E-state index in [1.165, 1.54) is 21.8 Å². The zero-order valence-corrected chi connectivity index (χ0v) is 21.1. The number of piperazine rings is 1. The van der Waals surface area contributed by atoms with Crippen molar-refractivity contribution in [1.82, 2.24) is 14.1 Å². The first-order chi connectivity index (χ1) is 17.3. The molecule has 3 aromatic rings. The van der Waals surface area contributed by atoms with Gasteiger partial charge < -0.3 is 9.64 Å². The Kier molecular flexibility index (Phi) is 7.09. The third-order valence-corrected chi connectivity index (χ3v) is 9.08. The maximum Gasteiger partial charge on any atom is 0.316 e. The Morgan fingerprint density at radius 2 is 1.75 bits per heavy atom. The minimum Gasteiger partial charge on any atom is -0.483 e. The van der Waals surface area contributed by atoms with Crippen molar-refractivity contribution in [3.05, 3.63) is 68.8 Å². The van der Waals surface area contributed by atoms with Crippen LogP contribution in [0.4, 0.5) is 14.5 Å². The first-order valence-corrected chi connectivity index (χ1v) is 14.3. The molecule has 0 bridgehead atoms. The molecule has 36 heavy (non-hydrogen) atoms. The van der Waals surface area contributed by atoms with E-state index in [0.29, 0.717) is 18.8 Å². The standard InChI is InChI=1S/C24H26F2N4O4S2/c25-18-11-19(26)13-20(12-18)30-24(31)23(34-21-3-1-2-4-21)22(14-27-30)28-6-8-29(9-7-28)36(32,33)16-17-5-10-35-15-17/h5,10-15,21H,1-4,6-9,16H2. The van der Waals surface area contributed by atoms with Gasteiger partial charge in [-0.2, -0.15) is 25.4 Å². The molecule has 0 atom stereocenters. The molecule has 3 heterocycles. The first kappa shape index (κ1) is 24.8. The van der Waals surface area contributed by atoms with Crippen LogP contribution in [-0.4, -0.2) is 54.8 Å². The van der Waals surface area contributed by atoms with Gasteiger partial charge in [-0.25, -0.2) is 17.2 Å². The summed E-state index contributed by atoms with van der Waals surface area (Å²) in [6, 6.07) is 4.60. The molecule has 1 saturated heterocycles. The number of hydrogen-bond acceptors (Lipinski definition) is 7. The van der Waals surface area contributed by atoms with Crippen LogP contribution in [-0.2, 0) is 15.8 Å². The van der Waals surface area contributed by atoms with Gasteiger partial charge >= 0.3 is 5.56 Å². The lowest BCUT2D eigenvalue weighted by molar-refractivity contribution is 0.205. The Labute approximate surface area is 211 Å². The number of ether oxygens (including phenoxy) is 1. The number of thiophene rings is 1. The van der Waals surface area contributed by atoms with Crippen molar-refractivity contribution < 1.29 is 21.9 Å². The largest absolute Gasteiger partial charge is 0.483 e. The normalized spacial score (nSPS) is 17.6. The molecule has 5 rings (SSSR count). The zero-order valence-electron chi connectivity index (χ0n) is 19.5. The molecule has 0 unspecified atom stereocenters. The molecule has 1 aliphatic heterocycles. The van der Waals surface area contributed by atoms with Crippen LogP contribution in [0.15, 0.2) is 46.0 Å². The van der Waals surface area contributed by atoms with Gasteiger partial charge in [-0.1, -0.05) is 0 Å². The number of anilines is 1. The minimum absolute atomic E-state index is 0.0373. The van der Waals surface area contributed by atoms with Crippen molar-refractivity contribution in [1.29, 1.82) is 0 Å². The van der Waals surface area contributed by atoms with Crippen LogP contribution < -0.4 is 15.2 Å². The topological polar surface area (TPSA) is 84.7 Å². The number of halogens is 2. The fourth-order valence-electron chi connectivity index (χ4n) is 4.67. The second-order valence-electron chi connectivity index (χ2n) is 9.00. The highest BCUT2D eigenvalue weighted by Gasteiger charge is 2.30. The van der Waals surface area contributed by atoms with Crippen molar-refractivity contribution in [2.45, 2.75) is 37.5 Å². The number of sulfonamides is 1.